The van der Waals surface area contributed by atoms with E-state index in [2.05, 4.69) is 10.6 Å². The van der Waals surface area contributed by atoms with E-state index in [9.17, 15) is 4.79 Å². The van der Waals surface area contributed by atoms with Crippen LogP contribution in [0.3, 0.4) is 0 Å². The molecule has 0 radical (unpaired) electrons. The van der Waals surface area contributed by atoms with Crippen LogP contribution in [-0.2, 0) is 9.53 Å². The van der Waals surface area contributed by atoms with Gasteiger partial charge < -0.3 is 20.1 Å². The molecule has 2 N–H and O–H groups in total. The first-order valence-electron chi connectivity index (χ1n) is 7.38. The van der Waals surface area contributed by atoms with E-state index in [1.165, 1.54) is 0 Å². The molecule has 0 saturated heterocycles. The highest BCUT2D eigenvalue weighted by Crippen LogP contribution is 2.18. The van der Waals surface area contributed by atoms with Gasteiger partial charge in [-0.25, -0.2) is 0 Å². The Balaban J connectivity index is 2.34. The average molecular weight is 294 g/mol. The normalized spacial score (nSPS) is 12.0. The Kier molecular flexibility index (Phi) is 8.47. The third-order valence-corrected chi connectivity index (χ3v) is 3.11. The summed E-state index contributed by atoms with van der Waals surface area (Å²) in [5, 5.41) is 6.06. The maximum absolute atomic E-state index is 12.1. The van der Waals surface area contributed by atoms with Gasteiger partial charge in [0, 0.05) is 26.7 Å². The van der Waals surface area contributed by atoms with Crippen LogP contribution >= 0.6 is 0 Å². The van der Waals surface area contributed by atoms with Gasteiger partial charge >= 0.3 is 0 Å². The standard InChI is InChI=1S/C16H26N2O3/c1-4-14(21-15-8-6-5-7-13(15)2)16(19)18-10-9-17-11-12-20-3/h5-8,14,17H,4,9-12H2,1-3H3,(H,18,19). The predicted molar refractivity (Wildman–Crippen MR) is 83.6 cm³/mol. The van der Waals surface area contributed by atoms with E-state index >= 15 is 0 Å². The molecule has 5 nitrogen and oxygen atoms in total. The number of carbonyl (C=O) groups is 1. The fraction of sp³-hybridized carbons (Fsp3) is 0.562. The zero-order valence-corrected chi connectivity index (χ0v) is 13.1. The lowest BCUT2D eigenvalue weighted by Gasteiger charge is -2.18. The summed E-state index contributed by atoms with van der Waals surface area (Å²) >= 11 is 0. The molecule has 0 aliphatic carbocycles. The minimum Gasteiger partial charge on any atom is -0.480 e. The van der Waals surface area contributed by atoms with Crippen LogP contribution in [-0.4, -0.2) is 45.4 Å². The van der Waals surface area contributed by atoms with Crippen LogP contribution in [0.5, 0.6) is 5.75 Å². The highest BCUT2D eigenvalue weighted by molar-refractivity contribution is 5.81. The van der Waals surface area contributed by atoms with Crippen LogP contribution in [0.1, 0.15) is 18.9 Å². The van der Waals surface area contributed by atoms with Gasteiger partial charge in [0.2, 0.25) is 0 Å². The molecule has 0 aromatic heterocycles. The summed E-state index contributed by atoms with van der Waals surface area (Å²) in [6, 6.07) is 7.72. The summed E-state index contributed by atoms with van der Waals surface area (Å²) < 4.78 is 10.7. The molecule has 0 bridgehead atoms. The number of nitrogens with one attached hydrogen (secondary N) is 2. The molecular weight excluding hydrogens is 268 g/mol. The zero-order valence-electron chi connectivity index (χ0n) is 13.1. The fourth-order valence-electron chi connectivity index (χ4n) is 1.85. The van der Waals surface area contributed by atoms with Gasteiger partial charge in [0.1, 0.15) is 5.75 Å². The van der Waals surface area contributed by atoms with Crippen molar-refractivity contribution in [1.29, 1.82) is 0 Å². The molecule has 0 spiro atoms. The summed E-state index contributed by atoms with van der Waals surface area (Å²) in [6.07, 6.45) is 0.183. The molecule has 1 atom stereocenters. The molecule has 1 amide bonds. The van der Waals surface area contributed by atoms with E-state index < -0.39 is 6.10 Å². The summed E-state index contributed by atoms with van der Waals surface area (Å²) in [7, 11) is 1.66. The van der Waals surface area contributed by atoms with Crippen LogP contribution in [0.2, 0.25) is 0 Å². The molecule has 0 aliphatic heterocycles. The third kappa shape index (κ3) is 6.60. The molecular formula is C16H26N2O3. The molecule has 0 saturated carbocycles. The topological polar surface area (TPSA) is 59.6 Å². The van der Waals surface area contributed by atoms with Crippen LogP contribution < -0.4 is 15.4 Å². The van der Waals surface area contributed by atoms with Crippen LogP contribution in [0.15, 0.2) is 24.3 Å². The number of para-hydroxylation sites is 1. The Morgan fingerprint density at radius 2 is 2.00 bits per heavy atom. The highest BCUT2D eigenvalue weighted by Gasteiger charge is 2.18. The number of hydrogen-bond acceptors (Lipinski definition) is 4. The van der Waals surface area contributed by atoms with Gasteiger partial charge in [-0.05, 0) is 25.0 Å². The lowest BCUT2D eigenvalue weighted by Crippen LogP contribution is -2.41. The molecule has 1 aromatic carbocycles. The van der Waals surface area contributed by atoms with Crippen molar-refractivity contribution in [2.24, 2.45) is 0 Å². The van der Waals surface area contributed by atoms with Crippen LogP contribution in [0.4, 0.5) is 0 Å². The smallest absolute Gasteiger partial charge is 0.261 e. The number of ether oxygens (including phenoxy) is 2. The Labute approximate surface area is 127 Å². The number of rotatable bonds is 10. The first-order chi connectivity index (χ1) is 10.2. The third-order valence-electron chi connectivity index (χ3n) is 3.11. The van der Waals surface area contributed by atoms with Crippen molar-refractivity contribution in [2.75, 3.05) is 33.4 Å². The molecule has 1 aromatic rings. The second-order valence-electron chi connectivity index (χ2n) is 4.81. The molecule has 118 valence electrons. The van der Waals surface area contributed by atoms with Crippen molar-refractivity contribution in [3.05, 3.63) is 29.8 Å². The quantitative estimate of drug-likeness (QED) is 0.642. The first kappa shape index (κ1) is 17.5. The van der Waals surface area contributed by atoms with Crippen molar-refractivity contribution in [3.63, 3.8) is 0 Å². The van der Waals surface area contributed by atoms with E-state index in [1.807, 2.05) is 38.1 Å². The van der Waals surface area contributed by atoms with Crippen molar-refractivity contribution >= 4 is 5.91 Å². The molecule has 0 heterocycles. The van der Waals surface area contributed by atoms with E-state index in [4.69, 9.17) is 9.47 Å². The predicted octanol–water partition coefficient (Wildman–Crippen LogP) is 1.50. The maximum Gasteiger partial charge on any atom is 0.261 e. The summed E-state index contributed by atoms with van der Waals surface area (Å²) in [6.45, 7) is 6.66. The molecule has 5 heteroatoms. The molecule has 21 heavy (non-hydrogen) atoms. The largest absolute Gasteiger partial charge is 0.480 e. The van der Waals surface area contributed by atoms with Crippen molar-refractivity contribution in [1.82, 2.24) is 10.6 Å². The van der Waals surface area contributed by atoms with Gasteiger partial charge in [-0.15, -0.1) is 0 Å². The molecule has 1 unspecified atom stereocenters. The van der Waals surface area contributed by atoms with Gasteiger partial charge in [0.05, 0.1) is 6.61 Å². The number of benzene rings is 1. The lowest BCUT2D eigenvalue weighted by molar-refractivity contribution is -0.128. The second-order valence-corrected chi connectivity index (χ2v) is 4.81. The van der Waals surface area contributed by atoms with Crippen molar-refractivity contribution < 1.29 is 14.3 Å². The van der Waals surface area contributed by atoms with Gasteiger partial charge in [-0.1, -0.05) is 25.1 Å². The number of methoxy groups -OCH3 is 1. The van der Waals surface area contributed by atoms with Crippen LogP contribution in [0, 0.1) is 6.92 Å². The first-order valence-corrected chi connectivity index (χ1v) is 7.38. The molecule has 0 aliphatic rings. The Bertz CT molecular complexity index is 424. The van der Waals surface area contributed by atoms with Crippen molar-refractivity contribution in [3.8, 4) is 5.75 Å². The SMILES string of the molecule is CCC(Oc1ccccc1C)C(=O)NCCNCCOC. The van der Waals surface area contributed by atoms with Gasteiger partial charge in [-0.3, -0.25) is 4.79 Å². The minimum absolute atomic E-state index is 0.0747. The average Bonchev–Trinajstić information content (AvgIpc) is 2.49. The molecule has 0 fully saturated rings. The highest BCUT2D eigenvalue weighted by atomic mass is 16.5. The van der Waals surface area contributed by atoms with Crippen LogP contribution in [0.25, 0.3) is 0 Å². The van der Waals surface area contributed by atoms with Gasteiger partial charge in [0.25, 0.3) is 5.91 Å². The molecule has 1 rings (SSSR count). The van der Waals surface area contributed by atoms with Gasteiger partial charge in [0.15, 0.2) is 6.10 Å². The van der Waals surface area contributed by atoms with E-state index in [1.54, 1.807) is 7.11 Å². The summed E-state index contributed by atoms with van der Waals surface area (Å²) in [5.74, 6) is 0.687. The monoisotopic (exact) mass is 294 g/mol. The van der Waals surface area contributed by atoms with E-state index in [0.29, 0.717) is 19.6 Å². The maximum atomic E-state index is 12.1. The second kappa shape index (κ2) is 10.2. The fourth-order valence-corrected chi connectivity index (χ4v) is 1.85. The van der Waals surface area contributed by atoms with E-state index in [-0.39, 0.29) is 5.91 Å². The summed E-state index contributed by atoms with van der Waals surface area (Å²) in [4.78, 5) is 12.1. The lowest BCUT2D eigenvalue weighted by atomic mass is 10.2. The number of hydrogen-bond donors (Lipinski definition) is 2. The Hall–Kier alpha value is -1.59. The Morgan fingerprint density at radius 1 is 1.24 bits per heavy atom. The van der Waals surface area contributed by atoms with Crippen molar-refractivity contribution in [2.45, 2.75) is 26.4 Å². The number of aryl methyl sites for hydroxylation is 1. The minimum atomic E-state index is -0.454. The zero-order chi connectivity index (χ0) is 15.5. The number of carbonyl (C=O) groups excluding carboxylic acids is 1. The summed E-state index contributed by atoms with van der Waals surface area (Å²) in [5.41, 5.74) is 1.03. The Morgan fingerprint density at radius 3 is 2.67 bits per heavy atom. The number of amides is 1. The van der Waals surface area contributed by atoms with Gasteiger partial charge in [-0.2, -0.15) is 0 Å². The van der Waals surface area contributed by atoms with E-state index in [0.717, 1.165) is 24.4 Å².